The van der Waals surface area contributed by atoms with E-state index in [9.17, 15) is 9.59 Å². The van der Waals surface area contributed by atoms with Gasteiger partial charge in [-0.15, -0.1) is 0 Å². The first-order valence-corrected chi connectivity index (χ1v) is 13.5. The van der Waals surface area contributed by atoms with Crippen molar-refractivity contribution >= 4 is 68.1 Å². The Hall–Kier alpha value is -4.11. The Labute approximate surface area is 247 Å². The van der Waals surface area contributed by atoms with Gasteiger partial charge in [-0.3, -0.25) is 4.79 Å². The van der Waals surface area contributed by atoms with Crippen LogP contribution in [0.25, 0.3) is 22.0 Å². The Bertz CT molecular complexity index is 1770. The molecule has 0 saturated heterocycles. The van der Waals surface area contributed by atoms with Crippen molar-refractivity contribution in [2.24, 2.45) is 5.10 Å². The van der Waals surface area contributed by atoms with Gasteiger partial charge >= 0.3 is 5.97 Å². The molecule has 0 radical (unpaired) electrons. The number of hydrazone groups is 1. The number of esters is 1. The third kappa shape index (κ3) is 5.60. The highest BCUT2D eigenvalue weighted by Gasteiger charge is 2.24. The SMILES string of the molecule is COc1ccc(Br)c2c(-c3ccccc3Cl)c(C(=O)NN=Cc3ccccc3OC(=O)c3ccc(Cl)cc3)[nH]c12. The monoisotopic (exact) mass is 635 g/mol. The van der Waals surface area contributed by atoms with Crippen molar-refractivity contribution in [3.8, 4) is 22.6 Å². The number of amides is 1. The highest BCUT2D eigenvalue weighted by molar-refractivity contribution is 9.10. The summed E-state index contributed by atoms with van der Waals surface area (Å²) >= 11 is 16.0. The number of hydrogen-bond acceptors (Lipinski definition) is 5. The zero-order valence-electron chi connectivity index (χ0n) is 20.9. The largest absolute Gasteiger partial charge is 0.495 e. The molecular formula is C30H20BrCl2N3O4. The fraction of sp³-hybridized carbons (Fsp3) is 0.0333. The Balaban J connectivity index is 1.45. The maximum Gasteiger partial charge on any atom is 0.343 e. The number of nitrogens with zero attached hydrogens (tertiary/aromatic N) is 1. The average molecular weight is 637 g/mol. The van der Waals surface area contributed by atoms with E-state index >= 15 is 0 Å². The number of H-pyrrole nitrogens is 1. The van der Waals surface area contributed by atoms with Gasteiger partial charge in [0.2, 0.25) is 0 Å². The molecule has 0 fully saturated rings. The molecule has 10 heteroatoms. The molecule has 40 heavy (non-hydrogen) atoms. The summed E-state index contributed by atoms with van der Waals surface area (Å²) in [6.45, 7) is 0. The van der Waals surface area contributed by atoms with Crippen LogP contribution in [-0.2, 0) is 0 Å². The summed E-state index contributed by atoms with van der Waals surface area (Å²) in [5.41, 5.74) is 5.51. The van der Waals surface area contributed by atoms with Crippen LogP contribution in [0.15, 0.2) is 94.5 Å². The van der Waals surface area contributed by atoms with E-state index in [-0.39, 0.29) is 11.4 Å². The summed E-state index contributed by atoms with van der Waals surface area (Å²) in [4.78, 5) is 29.2. The second-order valence-corrected chi connectivity index (χ2v) is 10.2. The van der Waals surface area contributed by atoms with Crippen molar-refractivity contribution in [3.05, 3.63) is 116 Å². The molecule has 0 aliphatic rings. The van der Waals surface area contributed by atoms with E-state index in [0.717, 1.165) is 9.86 Å². The van der Waals surface area contributed by atoms with Gasteiger partial charge in [-0.25, -0.2) is 10.2 Å². The number of nitrogens with one attached hydrogen (secondary N) is 2. The summed E-state index contributed by atoms with van der Waals surface area (Å²) < 4.78 is 11.8. The Kier molecular flexibility index (Phi) is 8.21. The molecule has 0 atom stereocenters. The van der Waals surface area contributed by atoms with Crippen LogP contribution < -0.4 is 14.9 Å². The van der Waals surface area contributed by atoms with E-state index in [1.807, 2.05) is 24.3 Å². The number of carbonyl (C=O) groups excluding carboxylic acids is 2. The van der Waals surface area contributed by atoms with Gasteiger partial charge in [0.05, 0.1) is 24.4 Å². The Morgan fingerprint density at radius 2 is 1.65 bits per heavy atom. The van der Waals surface area contributed by atoms with Crippen molar-refractivity contribution in [2.75, 3.05) is 7.11 Å². The third-order valence-corrected chi connectivity index (χ3v) is 7.27. The van der Waals surface area contributed by atoms with Crippen molar-refractivity contribution < 1.29 is 19.1 Å². The zero-order chi connectivity index (χ0) is 28.2. The first kappa shape index (κ1) is 27.5. The minimum absolute atomic E-state index is 0.243. The average Bonchev–Trinajstić information content (AvgIpc) is 3.36. The van der Waals surface area contributed by atoms with Crippen molar-refractivity contribution in [3.63, 3.8) is 0 Å². The zero-order valence-corrected chi connectivity index (χ0v) is 24.0. The number of halogens is 3. The number of aromatic nitrogens is 1. The lowest BCUT2D eigenvalue weighted by atomic mass is 10.0. The molecule has 1 amide bonds. The molecule has 200 valence electrons. The first-order chi connectivity index (χ1) is 19.4. The molecule has 0 saturated carbocycles. The maximum atomic E-state index is 13.4. The molecular weight excluding hydrogens is 617 g/mol. The topological polar surface area (TPSA) is 92.8 Å². The summed E-state index contributed by atoms with van der Waals surface area (Å²) in [6, 6.07) is 24.1. The molecule has 7 nitrogen and oxygen atoms in total. The highest BCUT2D eigenvalue weighted by Crippen LogP contribution is 2.42. The number of benzene rings is 4. The summed E-state index contributed by atoms with van der Waals surface area (Å²) in [6.07, 6.45) is 1.40. The fourth-order valence-corrected chi connectivity index (χ4v) is 5.04. The molecule has 0 aliphatic carbocycles. The van der Waals surface area contributed by atoms with Crippen LogP contribution in [0.1, 0.15) is 26.4 Å². The van der Waals surface area contributed by atoms with E-state index in [4.69, 9.17) is 32.7 Å². The van der Waals surface area contributed by atoms with Gasteiger partial charge in [-0.05, 0) is 54.6 Å². The van der Waals surface area contributed by atoms with Crippen LogP contribution in [0.4, 0.5) is 0 Å². The van der Waals surface area contributed by atoms with E-state index in [1.165, 1.54) is 6.21 Å². The van der Waals surface area contributed by atoms with Crippen LogP contribution in [0.2, 0.25) is 10.0 Å². The number of carbonyl (C=O) groups is 2. The number of methoxy groups -OCH3 is 1. The lowest BCUT2D eigenvalue weighted by molar-refractivity contribution is 0.0734. The molecule has 0 spiro atoms. The second kappa shape index (κ2) is 12.0. The molecule has 4 aromatic carbocycles. The van der Waals surface area contributed by atoms with Crippen molar-refractivity contribution in [1.82, 2.24) is 10.4 Å². The van der Waals surface area contributed by atoms with Crippen LogP contribution in [0.3, 0.4) is 0 Å². The smallest absolute Gasteiger partial charge is 0.343 e. The minimum atomic E-state index is -0.552. The molecule has 1 aromatic heterocycles. The number of ether oxygens (including phenoxy) is 2. The number of hydrogen-bond donors (Lipinski definition) is 2. The van der Waals surface area contributed by atoms with Crippen LogP contribution >= 0.6 is 39.1 Å². The minimum Gasteiger partial charge on any atom is -0.495 e. The Morgan fingerprint density at radius 3 is 2.40 bits per heavy atom. The Morgan fingerprint density at radius 1 is 0.925 bits per heavy atom. The predicted octanol–water partition coefficient (Wildman–Crippen LogP) is 7.90. The van der Waals surface area contributed by atoms with Crippen molar-refractivity contribution in [1.29, 1.82) is 0 Å². The van der Waals surface area contributed by atoms with Gasteiger partial charge in [0, 0.05) is 36.6 Å². The molecule has 0 bridgehead atoms. The van der Waals surface area contributed by atoms with E-state index in [1.54, 1.807) is 67.8 Å². The maximum absolute atomic E-state index is 13.4. The van der Waals surface area contributed by atoms with E-state index in [0.29, 0.717) is 43.6 Å². The molecule has 5 rings (SSSR count). The lowest BCUT2D eigenvalue weighted by Gasteiger charge is -2.08. The van der Waals surface area contributed by atoms with Gasteiger partial charge in [0.25, 0.3) is 5.91 Å². The van der Waals surface area contributed by atoms with Crippen LogP contribution in [0.5, 0.6) is 11.5 Å². The fourth-order valence-electron chi connectivity index (χ4n) is 4.15. The molecule has 0 unspecified atom stereocenters. The van der Waals surface area contributed by atoms with Gasteiger partial charge in [0.1, 0.15) is 17.2 Å². The summed E-state index contributed by atoms with van der Waals surface area (Å²) in [7, 11) is 1.56. The van der Waals surface area contributed by atoms with Crippen LogP contribution in [-0.4, -0.2) is 30.2 Å². The number of fused-ring (bicyclic) bond motifs is 1. The number of para-hydroxylation sites is 1. The third-order valence-electron chi connectivity index (χ3n) is 6.03. The quantitative estimate of drug-likeness (QED) is 0.0822. The van der Waals surface area contributed by atoms with E-state index in [2.05, 4.69) is 31.4 Å². The molecule has 0 aliphatic heterocycles. The first-order valence-electron chi connectivity index (χ1n) is 11.9. The summed E-state index contributed by atoms with van der Waals surface area (Å²) in [5, 5.41) is 5.86. The molecule has 5 aromatic rings. The van der Waals surface area contributed by atoms with Gasteiger partial charge in [-0.2, -0.15) is 5.10 Å². The standard InChI is InChI=1S/C30H20BrCl2N3O4/c1-39-24-15-14-21(31)26-25(20-7-3-4-8-22(20)33)28(35-27(24)26)29(37)36-34-16-18-6-2-5-9-23(18)40-30(38)17-10-12-19(32)13-11-17/h2-16,35H,1H3,(H,36,37). The van der Waals surface area contributed by atoms with Crippen LogP contribution in [0, 0.1) is 0 Å². The number of aromatic amines is 1. The van der Waals surface area contributed by atoms with E-state index < -0.39 is 11.9 Å². The second-order valence-electron chi connectivity index (χ2n) is 8.49. The van der Waals surface area contributed by atoms with Gasteiger partial charge < -0.3 is 14.5 Å². The molecule has 1 heterocycles. The van der Waals surface area contributed by atoms with Gasteiger partial charge in [-0.1, -0.05) is 69.5 Å². The lowest BCUT2D eigenvalue weighted by Crippen LogP contribution is -2.19. The summed E-state index contributed by atoms with van der Waals surface area (Å²) in [5.74, 6) is -0.225. The molecule has 2 N–H and O–H groups in total. The predicted molar refractivity (Wildman–Crippen MR) is 161 cm³/mol. The number of rotatable bonds is 7. The normalized spacial score (nSPS) is 11.1. The van der Waals surface area contributed by atoms with Crippen molar-refractivity contribution in [2.45, 2.75) is 0 Å². The highest BCUT2D eigenvalue weighted by atomic mass is 79.9. The van der Waals surface area contributed by atoms with Gasteiger partial charge in [0.15, 0.2) is 0 Å².